The van der Waals surface area contributed by atoms with Gasteiger partial charge in [0, 0.05) is 23.8 Å². The fourth-order valence-corrected chi connectivity index (χ4v) is 2.25. The number of nitrogen functional groups attached to an aromatic ring is 1. The minimum Gasteiger partial charge on any atom is -0.398 e. The van der Waals surface area contributed by atoms with E-state index in [-0.39, 0.29) is 5.91 Å². The zero-order chi connectivity index (χ0) is 15.0. The van der Waals surface area contributed by atoms with Crippen molar-refractivity contribution in [3.05, 3.63) is 53.6 Å². The van der Waals surface area contributed by atoms with Crippen molar-refractivity contribution in [2.45, 2.75) is 13.8 Å². The number of amides is 1. The third kappa shape index (κ3) is 2.20. The number of carbonyl (C=O) groups excluding carboxylic acids is 1. The average Bonchev–Trinajstić information content (AvgIpc) is 2.91. The Morgan fingerprint density at radius 1 is 1.29 bits per heavy atom. The number of rotatable bonds is 2. The quantitative estimate of drug-likeness (QED) is 0.705. The van der Waals surface area contributed by atoms with Gasteiger partial charge in [-0.1, -0.05) is 6.07 Å². The Bertz CT molecular complexity index is 837. The number of anilines is 2. The first-order valence-corrected chi connectivity index (χ1v) is 6.52. The van der Waals surface area contributed by atoms with Crippen molar-refractivity contribution < 1.29 is 4.79 Å². The number of hydrogen-bond donors (Lipinski definition) is 2. The summed E-state index contributed by atoms with van der Waals surface area (Å²) < 4.78 is 1.61. The van der Waals surface area contributed by atoms with E-state index in [9.17, 15) is 4.79 Å². The molecule has 0 spiro atoms. The minimum absolute atomic E-state index is 0.227. The van der Waals surface area contributed by atoms with Crippen molar-refractivity contribution in [2.24, 2.45) is 0 Å². The van der Waals surface area contributed by atoms with Gasteiger partial charge < -0.3 is 11.1 Å². The van der Waals surface area contributed by atoms with Crippen molar-refractivity contribution in [3.63, 3.8) is 0 Å². The van der Waals surface area contributed by atoms with Gasteiger partial charge in [0.05, 0.1) is 23.5 Å². The molecule has 0 bridgehead atoms. The molecule has 0 saturated carbocycles. The lowest BCUT2D eigenvalue weighted by atomic mass is 10.1. The van der Waals surface area contributed by atoms with Crippen LogP contribution in [0.25, 0.3) is 5.52 Å². The highest BCUT2D eigenvalue weighted by molar-refractivity contribution is 6.09. The fraction of sp³-hybridized carbons (Fsp3) is 0.133. The summed E-state index contributed by atoms with van der Waals surface area (Å²) in [6.07, 6.45) is 6.46. The van der Waals surface area contributed by atoms with E-state index in [1.165, 1.54) is 6.20 Å². The summed E-state index contributed by atoms with van der Waals surface area (Å²) in [5.41, 5.74) is 10.2. The zero-order valence-corrected chi connectivity index (χ0v) is 11.8. The van der Waals surface area contributed by atoms with Crippen LogP contribution in [0, 0.1) is 13.8 Å². The Balaban J connectivity index is 1.99. The maximum atomic E-state index is 12.5. The largest absolute Gasteiger partial charge is 0.398 e. The molecule has 3 rings (SSSR count). The molecule has 6 nitrogen and oxygen atoms in total. The molecule has 0 aliphatic carbocycles. The van der Waals surface area contributed by atoms with E-state index >= 15 is 0 Å². The van der Waals surface area contributed by atoms with E-state index in [1.807, 2.05) is 26.0 Å². The van der Waals surface area contributed by atoms with E-state index in [2.05, 4.69) is 15.4 Å². The van der Waals surface area contributed by atoms with Gasteiger partial charge in [0.2, 0.25) is 0 Å². The van der Waals surface area contributed by atoms with Gasteiger partial charge in [-0.25, -0.2) is 4.52 Å². The Morgan fingerprint density at radius 2 is 2.10 bits per heavy atom. The van der Waals surface area contributed by atoms with Crippen molar-refractivity contribution in [2.75, 3.05) is 11.1 Å². The maximum absolute atomic E-state index is 12.5. The molecule has 0 saturated heterocycles. The van der Waals surface area contributed by atoms with Gasteiger partial charge in [0.25, 0.3) is 5.91 Å². The van der Waals surface area contributed by atoms with Crippen LogP contribution in [0.5, 0.6) is 0 Å². The standard InChI is InChI=1S/C15H15N5O/c1-9-3-4-12(16)10(2)14(9)19-15(21)11-7-18-20-6-5-17-8-13(11)20/h3-8H,16H2,1-2H3,(H,19,21). The van der Waals surface area contributed by atoms with Crippen LogP contribution < -0.4 is 11.1 Å². The van der Waals surface area contributed by atoms with E-state index in [4.69, 9.17) is 5.73 Å². The lowest BCUT2D eigenvalue weighted by molar-refractivity contribution is 0.102. The molecular formula is C15H15N5O. The zero-order valence-electron chi connectivity index (χ0n) is 11.8. The number of aromatic nitrogens is 3. The summed E-state index contributed by atoms with van der Waals surface area (Å²) >= 11 is 0. The highest BCUT2D eigenvalue weighted by atomic mass is 16.1. The Kier molecular flexibility index (Phi) is 3.06. The molecule has 0 fully saturated rings. The number of carbonyl (C=O) groups is 1. The first-order chi connectivity index (χ1) is 10.1. The lowest BCUT2D eigenvalue weighted by Crippen LogP contribution is -2.14. The van der Waals surface area contributed by atoms with Crippen LogP contribution in [0.4, 0.5) is 11.4 Å². The molecule has 3 aromatic rings. The molecule has 0 radical (unpaired) electrons. The third-order valence-electron chi connectivity index (χ3n) is 3.52. The number of nitrogens with one attached hydrogen (secondary N) is 1. The van der Waals surface area contributed by atoms with Gasteiger partial charge in [-0.2, -0.15) is 5.10 Å². The SMILES string of the molecule is Cc1ccc(N)c(C)c1NC(=O)c1cnn2ccncc12. The predicted octanol–water partition coefficient (Wildman–Crippen LogP) is 2.18. The van der Waals surface area contributed by atoms with Crippen LogP contribution in [0.1, 0.15) is 21.5 Å². The number of benzene rings is 1. The number of aryl methyl sites for hydroxylation is 1. The monoisotopic (exact) mass is 281 g/mol. The second-order valence-corrected chi connectivity index (χ2v) is 4.89. The van der Waals surface area contributed by atoms with Gasteiger partial charge in [-0.15, -0.1) is 0 Å². The molecule has 0 unspecified atom stereocenters. The van der Waals surface area contributed by atoms with Gasteiger partial charge in [-0.3, -0.25) is 9.78 Å². The molecule has 2 aromatic heterocycles. The molecule has 21 heavy (non-hydrogen) atoms. The number of fused-ring (bicyclic) bond motifs is 1. The van der Waals surface area contributed by atoms with Crippen LogP contribution in [0.3, 0.4) is 0 Å². The molecule has 0 aliphatic rings. The van der Waals surface area contributed by atoms with E-state index in [0.717, 1.165) is 16.8 Å². The molecule has 2 heterocycles. The number of nitrogens with zero attached hydrogens (tertiary/aromatic N) is 3. The van der Waals surface area contributed by atoms with E-state index < -0.39 is 0 Å². The summed E-state index contributed by atoms with van der Waals surface area (Å²) in [6, 6.07) is 3.72. The lowest BCUT2D eigenvalue weighted by Gasteiger charge is -2.13. The molecule has 6 heteroatoms. The molecule has 1 amide bonds. The van der Waals surface area contributed by atoms with Crippen molar-refractivity contribution in [1.29, 1.82) is 0 Å². The van der Waals surface area contributed by atoms with Crippen molar-refractivity contribution in [3.8, 4) is 0 Å². The second kappa shape index (κ2) is 4.90. The summed E-state index contributed by atoms with van der Waals surface area (Å²) in [7, 11) is 0. The topological polar surface area (TPSA) is 85.3 Å². The van der Waals surface area contributed by atoms with Crippen LogP contribution in [-0.4, -0.2) is 20.5 Å². The summed E-state index contributed by atoms with van der Waals surface area (Å²) in [5.74, 6) is -0.227. The Labute approximate surface area is 121 Å². The van der Waals surface area contributed by atoms with Crippen molar-refractivity contribution in [1.82, 2.24) is 14.6 Å². The smallest absolute Gasteiger partial charge is 0.259 e. The van der Waals surface area contributed by atoms with Gasteiger partial charge in [0.15, 0.2) is 0 Å². The minimum atomic E-state index is -0.227. The highest BCUT2D eigenvalue weighted by Gasteiger charge is 2.15. The number of hydrogen-bond acceptors (Lipinski definition) is 4. The van der Waals surface area contributed by atoms with Crippen molar-refractivity contribution >= 4 is 22.8 Å². The normalized spacial score (nSPS) is 10.8. The molecular weight excluding hydrogens is 266 g/mol. The van der Waals surface area contributed by atoms with Gasteiger partial charge >= 0.3 is 0 Å². The Hall–Kier alpha value is -2.89. The van der Waals surface area contributed by atoms with Crippen LogP contribution in [0.2, 0.25) is 0 Å². The Morgan fingerprint density at radius 3 is 2.90 bits per heavy atom. The number of nitrogens with two attached hydrogens (primary N) is 1. The first kappa shape index (κ1) is 13.1. The van der Waals surface area contributed by atoms with E-state index in [1.54, 1.807) is 23.1 Å². The first-order valence-electron chi connectivity index (χ1n) is 6.52. The molecule has 0 atom stereocenters. The molecule has 1 aromatic carbocycles. The van der Waals surface area contributed by atoms with E-state index in [0.29, 0.717) is 16.8 Å². The summed E-state index contributed by atoms with van der Waals surface area (Å²) in [6.45, 7) is 3.81. The highest BCUT2D eigenvalue weighted by Crippen LogP contribution is 2.26. The predicted molar refractivity (Wildman–Crippen MR) is 81.3 cm³/mol. The molecule has 0 aliphatic heterocycles. The van der Waals surface area contributed by atoms with Crippen LogP contribution >= 0.6 is 0 Å². The van der Waals surface area contributed by atoms with Gasteiger partial charge in [-0.05, 0) is 31.0 Å². The second-order valence-electron chi connectivity index (χ2n) is 4.89. The summed E-state index contributed by atoms with van der Waals surface area (Å²) in [4.78, 5) is 16.5. The van der Waals surface area contributed by atoms with Gasteiger partial charge in [0.1, 0.15) is 0 Å². The van der Waals surface area contributed by atoms with Crippen LogP contribution in [-0.2, 0) is 0 Å². The van der Waals surface area contributed by atoms with Crippen LogP contribution in [0.15, 0.2) is 36.9 Å². The molecule has 3 N–H and O–H groups in total. The summed E-state index contributed by atoms with van der Waals surface area (Å²) in [5, 5.41) is 7.05. The maximum Gasteiger partial charge on any atom is 0.259 e. The average molecular weight is 281 g/mol. The third-order valence-corrected chi connectivity index (χ3v) is 3.52. The fourth-order valence-electron chi connectivity index (χ4n) is 2.25. The molecule has 106 valence electrons.